The predicted molar refractivity (Wildman–Crippen MR) is 59.3 cm³/mol. The molecule has 0 aromatic carbocycles. The van der Waals surface area contributed by atoms with Crippen LogP contribution in [0.4, 0.5) is 13.2 Å². The minimum atomic E-state index is -4.71. The molecule has 0 saturated carbocycles. The van der Waals surface area contributed by atoms with Crippen LogP contribution in [0.15, 0.2) is 12.1 Å². The van der Waals surface area contributed by atoms with E-state index < -0.39 is 29.3 Å². The van der Waals surface area contributed by atoms with Crippen LogP contribution in [0.5, 0.6) is 5.88 Å². The number of halogens is 3. The quantitative estimate of drug-likeness (QED) is 0.895. The normalized spacial score (nSPS) is 11.4. The first kappa shape index (κ1) is 14.7. The van der Waals surface area contributed by atoms with Gasteiger partial charge in [0, 0.05) is 0 Å². The highest BCUT2D eigenvalue weighted by atomic mass is 19.4. The monoisotopic (exact) mass is 303 g/mol. The Balaban J connectivity index is 2.28. The summed E-state index contributed by atoms with van der Waals surface area (Å²) in [7, 11) is 1.49. The van der Waals surface area contributed by atoms with Crippen molar-refractivity contribution in [2.75, 3.05) is 0 Å². The Labute approximate surface area is 115 Å². The first-order valence-electron chi connectivity index (χ1n) is 5.44. The maximum absolute atomic E-state index is 12.6. The Hall–Kier alpha value is -2.72. The summed E-state index contributed by atoms with van der Waals surface area (Å²) >= 11 is 0. The zero-order valence-electron chi connectivity index (χ0n) is 10.5. The highest BCUT2D eigenvalue weighted by Crippen LogP contribution is 2.30. The van der Waals surface area contributed by atoms with Gasteiger partial charge in [0.2, 0.25) is 11.7 Å². The topological polar surface area (TPSA) is 103 Å². The van der Waals surface area contributed by atoms with Crippen molar-refractivity contribution in [3.63, 3.8) is 0 Å². The van der Waals surface area contributed by atoms with Crippen LogP contribution < -0.4 is 4.74 Å². The van der Waals surface area contributed by atoms with Gasteiger partial charge in [0.25, 0.3) is 0 Å². The zero-order chi connectivity index (χ0) is 15.6. The summed E-state index contributed by atoms with van der Waals surface area (Å²) in [4.78, 5) is 15.2. The maximum Gasteiger partial charge on any atom is 0.433 e. The van der Waals surface area contributed by atoms with Crippen LogP contribution in [0, 0.1) is 0 Å². The standard InChI is InChI=1S/C10H8F3N5O3/c1-18-16-7(15-17-18)4-21-8-5(9(19)20)2-3-6(14-8)10(11,12)13/h2-3H,4H2,1H3,(H,19,20). The number of aryl methyl sites for hydroxylation is 1. The zero-order valence-corrected chi connectivity index (χ0v) is 10.5. The third-order valence-electron chi connectivity index (χ3n) is 2.27. The molecule has 112 valence electrons. The Morgan fingerprint density at radius 1 is 1.43 bits per heavy atom. The van der Waals surface area contributed by atoms with Crippen molar-refractivity contribution in [2.45, 2.75) is 12.8 Å². The lowest BCUT2D eigenvalue weighted by Crippen LogP contribution is -2.12. The van der Waals surface area contributed by atoms with Crippen molar-refractivity contribution in [2.24, 2.45) is 7.05 Å². The van der Waals surface area contributed by atoms with Gasteiger partial charge in [-0.3, -0.25) is 0 Å². The summed E-state index contributed by atoms with van der Waals surface area (Å²) in [6.07, 6.45) is -4.71. The number of rotatable bonds is 4. The van der Waals surface area contributed by atoms with Gasteiger partial charge in [-0.25, -0.2) is 9.78 Å². The second-order valence-electron chi connectivity index (χ2n) is 3.84. The number of carbonyl (C=O) groups is 1. The van der Waals surface area contributed by atoms with E-state index in [1.807, 2.05) is 0 Å². The largest absolute Gasteiger partial charge is 0.477 e. The lowest BCUT2D eigenvalue weighted by Gasteiger charge is -2.10. The summed E-state index contributed by atoms with van der Waals surface area (Å²) < 4.78 is 42.7. The van der Waals surface area contributed by atoms with Gasteiger partial charge < -0.3 is 9.84 Å². The second-order valence-corrected chi connectivity index (χ2v) is 3.84. The van der Waals surface area contributed by atoms with Crippen molar-refractivity contribution in [3.05, 3.63) is 29.2 Å². The predicted octanol–water partition coefficient (Wildman–Crippen LogP) is 0.901. The van der Waals surface area contributed by atoms with Crippen molar-refractivity contribution >= 4 is 5.97 Å². The van der Waals surface area contributed by atoms with Crippen LogP contribution in [-0.4, -0.2) is 36.3 Å². The fourth-order valence-electron chi connectivity index (χ4n) is 1.39. The summed E-state index contributed by atoms with van der Waals surface area (Å²) in [5, 5.41) is 19.7. The fourth-order valence-corrected chi connectivity index (χ4v) is 1.39. The van der Waals surface area contributed by atoms with Crippen molar-refractivity contribution in [1.82, 2.24) is 25.2 Å². The Bertz CT molecular complexity index is 670. The van der Waals surface area contributed by atoms with E-state index in [9.17, 15) is 18.0 Å². The number of aromatic carboxylic acids is 1. The number of carboxylic acid groups (broad SMARTS) is 1. The van der Waals surface area contributed by atoms with Crippen LogP contribution in [0.25, 0.3) is 0 Å². The number of hydrogen-bond donors (Lipinski definition) is 1. The molecule has 21 heavy (non-hydrogen) atoms. The minimum Gasteiger partial charge on any atom is -0.477 e. The average Bonchev–Trinajstić information content (AvgIpc) is 2.80. The molecule has 0 fully saturated rings. The molecule has 2 heterocycles. The van der Waals surface area contributed by atoms with Gasteiger partial charge >= 0.3 is 12.1 Å². The summed E-state index contributed by atoms with van der Waals surface area (Å²) in [6.45, 7) is -0.359. The van der Waals surface area contributed by atoms with E-state index in [4.69, 9.17) is 9.84 Å². The number of alkyl halides is 3. The van der Waals surface area contributed by atoms with Crippen LogP contribution in [0.2, 0.25) is 0 Å². The molecule has 2 aromatic rings. The Kier molecular flexibility index (Phi) is 3.74. The fraction of sp³-hybridized carbons (Fsp3) is 0.300. The molecular weight excluding hydrogens is 295 g/mol. The highest BCUT2D eigenvalue weighted by molar-refractivity contribution is 5.90. The lowest BCUT2D eigenvalue weighted by atomic mass is 10.2. The smallest absolute Gasteiger partial charge is 0.433 e. The SMILES string of the molecule is Cn1nnc(COc2nc(C(F)(F)F)ccc2C(=O)O)n1. The van der Waals surface area contributed by atoms with E-state index in [-0.39, 0.29) is 12.4 Å². The molecule has 2 aromatic heterocycles. The molecule has 0 spiro atoms. The second kappa shape index (κ2) is 5.34. The van der Waals surface area contributed by atoms with Gasteiger partial charge in [-0.2, -0.15) is 18.0 Å². The number of tetrazole rings is 1. The molecule has 0 bridgehead atoms. The number of pyridine rings is 1. The van der Waals surface area contributed by atoms with Crippen molar-refractivity contribution in [1.29, 1.82) is 0 Å². The van der Waals surface area contributed by atoms with E-state index in [0.717, 1.165) is 10.9 Å². The van der Waals surface area contributed by atoms with Crippen LogP contribution >= 0.6 is 0 Å². The molecule has 8 nitrogen and oxygen atoms in total. The molecule has 2 rings (SSSR count). The molecule has 0 atom stereocenters. The minimum absolute atomic E-state index is 0.0769. The Morgan fingerprint density at radius 3 is 2.67 bits per heavy atom. The molecule has 0 aliphatic heterocycles. The van der Waals surface area contributed by atoms with E-state index in [2.05, 4.69) is 20.4 Å². The molecular formula is C10H8F3N5O3. The van der Waals surface area contributed by atoms with Crippen LogP contribution in [0.3, 0.4) is 0 Å². The average molecular weight is 303 g/mol. The maximum atomic E-state index is 12.6. The first-order chi connectivity index (χ1) is 9.77. The van der Waals surface area contributed by atoms with E-state index in [0.29, 0.717) is 6.07 Å². The van der Waals surface area contributed by atoms with E-state index in [1.54, 1.807) is 0 Å². The Morgan fingerprint density at radius 2 is 2.14 bits per heavy atom. The van der Waals surface area contributed by atoms with Crippen LogP contribution in [0.1, 0.15) is 21.9 Å². The summed E-state index contributed by atoms with van der Waals surface area (Å²) in [6, 6.07) is 1.34. The number of ether oxygens (including phenoxy) is 1. The van der Waals surface area contributed by atoms with E-state index >= 15 is 0 Å². The molecule has 0 aliphatic carbocycles. The van der Waals surface area contributed by atoms with Gasteiger partial charge in [0.1, 0.15) is 11.3 Å². The molecule has 0 saturated heterocycles. The lowest BCUT2D eigenvalue weighted by molar-refractivity contribution is -0.141. The summed E-state index contributed by atoms with van der Waals surface area (Å²) in [5.41, 5.74) is -1.75. The molecule has 0 aliphatic rings. The molecule has 0 amide bonds. The third-order valence-corrected chi connectivity index (χ3v) is 2.27. The molecule has 0 unspecified atom stereocenters. The van der Waals surface area contributed by atoms with Crippen molar-refractivity contribution in [3.8, 4) is 5.88 Å². The van der Waals surface area contributed by atoms with Gasteiger partial charge in [0.15, 0.2) is 6.61 Å². The number of carboxylic acids is 1. The highest BCUT2D eigenvalue weighted by Gasteiger charge is 2.34. The van der Waals surface area contributed by atoms with Gasteiger partial charge in [0.05, 0.1) is 7.05 Å². The van der Waals surface area contributed by atoms with Crippen molar-refractivity contribution < 1.29 is 27.8 Å². The van der Waals surface area contributed by atoms with Gasteiger partial charge in [-0.15, -0.1) is 10.2 Å². The first-order valence-corrected chi connectivity index (χ1v) is 5.44. The number of nitrogens with zero attached hydrogens (tertiary/aromatic N) is 5. The number of aromatic nitrogens is 5. The summed E-state index contributed by atoms with van der Waals surface area (Å²) in [5.74, 6) is -2.05. The van der Waals surface area contributed by atoms with Gasteiger partial charge in [-0.05, 0) is 17.3 Å². The molecule has 0 radical (unpaired) electrons. The van der Waals surface area contributed by atoms with Gasteiger partial charge in [-0.1, -0.05) is 0 Å². The molecule has 11 heteroatoms. The number of hydrogen-bond acceptors (Lipinski definition) is 6. The van der Waals surface area contributed by atoms with E-state index in [1.165, 1.54) is 7.05 Å². The third kappa shape index (κ3) is 3.43. The molecule has 1 N–H and O–H groups in total. The van der Waals surface area contributed by atoms with Crippen LogP contribution in [-0.2, 0) is 19.8 Å².